The van der Waals surface area contributed by atoms with Gasteiger partial charge in [0.2, 0.25) is 0 Å². The van der Waals surface area contributed by atoms with Crippen LogP contribution < -0.4 is 5.73 Å². The van der Waals surface area contributed by atoms with Gasteiger partial charge in [-0.1, -0.05) is 0 Å². The predicted molar refractivity (Wildman–Crippen MR) is 67.1 cm³/mol. The highest BCUT2D eigenvalue weighted by Gasteiger charge is 2.28. The molecule has 17 heavy (non-hydrogen) atoms. The molecule has 2 fully saturated rings. The molecule has 0 aliphatic carbocycles. The van der Waals surface area contributed by atoms with Crippen molar-refractivity contribution in [3.05, 3.63) is 0 Å². The van der Waals surface area contributed by atoms with E-state index in [9.17, 15) is 0 Å². The maximum Gasteiger partial charge on any atom is 0.0829 e. The van der Waals surface area contributed by atoms with Gasteiger partial charge in [-0.2, -0.15) is 0 Å². The van der Waals surface area contributed by atoms with Crippen LogP contribution >= 0.6 is 0 Å². The molecule has 0 amide bonds. The summed E-state index contributed by atoms with van der Waals surface area (Å²) >= 11 is 0. The van der Waals surface area contributed by atoms with Gasteiger partial charge >= 0.3 is 0 Å². The Morgan fingerprint density at radius 2 is 2.06 bits per heavy atom. The lowest BCUT2D eigenvalue weighted by Crippen LogP contribution is -2.55. The van der Waals surface area contributed by atoms with Crippen LogP contribution in [-0.2, 0) is 9.47 Å². The molecule has 5 heteroatoms. The number of hydrogen-bond donors (Lipinski definition) is 1. The summed E-state index contributed by atoms with van der Waals surface area (Å²) in [5.41, 5.74) is 5.67. The average molecular weight is 243 g/mol. The van der Waals surface area contributed by atoms with Crippen molar-refractivity contribution < 1.29 is 9.47 Å². The molecule has 0 aromatic heterocycles. The van der Waals surface area contributed by atoms with E-state index in [2.05, 4.69) is 23.8 Å². The van der Waals surface area contributed by atoms with Crippen LogP contribution in [0.4, 0.5) is 0 Å². The van der Waals surface area contributed by atoms with Gasteiger partial charge in [-0.3, -0.25) is 4.90 Å². The molecule has 100 valence electrons. The van der Waals surface area contributed by atoms with Crippen LogP contribution in [0.5, 0.6) is 0 Å². The zero-order valence-electron chi connectivity index (χ0n) is 11.0. The summed E-state index contributed by atoms with van der Waals surface area (Å²) in [6, 6.07) is 0.466. The first kappa shape index (κ1) is 13.2. The first-order valence-corrected chi connectivity index (χ1v) is 6.55. The number of morpholine rings is 2. The molecule has 2 saturated heterocycles. The quantitative estimate of drug-likeness (QED) is 0.715. The second-order valence-corrected chi connectivity index (χ2v) is 5.25. The smallest absolute Gasteiger partial charge is 0.0829 e. The largest absolute Gasteiger partial charge is 0.374 e. The molecule has 0 spiro atoms. The van der Waals surface area contributed by atoms with Crippen molar-refractivity contribution in [3.8, 4) is 0 Å². The van der Waals surface area contributed by atoms with Gasteiger partial charge in [-0.25, -0.2) is 0 Å². The van der Waals surface area contributed by atoms with Crippen molar-refractivity contribution in [2.24, 2.45) is 5.73 Å². The van der Waals surface area contributed by atoms with E-state index in [1.54, 1.807) is 0 Å². The molecule has 0 bridgehead atoms. The van der Waals surface area contributed by atoms with Crippen molar-refractivity contribution in [2.75, 3.05) is 53.0 Å². The standard InChI is InChI=1S/C12H25N3O2/c1-10-9-17-11(5-13)7-15(10)8-12-6-14(2)3-4-16-12/h10-12H,3-9,13H2,1-2H3. The number of nitrogens with two attached hydrogens (primary N) is 1. The van der Waals surface area contributed by atoms with Gasteiger partial charge in [0, 0.05) is 38.8 Å². The highest BCUT2D eigenvalue weighted by molar-refractivity contribution is 4.82. The minimum atomic E-state index is 0.188. The Balaban J connectivity index is 1.83. The maximum atomic E-state index is 5.81. The molecule has 0 aromatic rings. The molecule has 0 saturated carbocycles. The third-order valence-electron chi connectivity index (χ3n) is 3.68. The molecule has 0 aromatic carbocycles. The summed E-state index contributed by atoms with van der Waals surface area (Å²) in [6.45, 7) is 8.43. The number of ether oxygens (including phenoxy) is 2. The van der Waals surface area contributed by atoms with Gasteiger partial charge in [0.25, 0.3) is 0 Å². The van der Waals surface area contributed by atoms with E-state index in [-0.39, 0.29) is 6.10 Å². The number of hydrogen-bond acceptors (Lipinski definition) is 5. The first-order valence-electron chi connectivity index (χ1n) is 6.55. The van der Waals surface area contributed by atoms with Gasteiger partial charge in [0.05, 0.1) is 25.4 Å². The number of rotatable bonds is 3. The molecule has 2 aliphatic rings. The highest BCUT2D eigenvalue weighted by Crippen LogP contribution is 2.14. The summed E-state index contributed by atoms with van der Waals surface area (Å²) in [5.74, 6) is 0. The lowest BCUT2D eigenvalue weighted by molar-refractivity contribution is -0.0882. The van der Waals surface area contributed by atoms with Crippen molar-refractivity contribution in [1.82, 2.24) is 9.80 Å². The second kappa shape index (κ2) is 6.11. The van der Waals surface area contributed by atoms with Crippen molar-refractivity contribution in [3.63, 3.8) is 0 Å². The van der Waals surface area contributed by atoms with E-state index in [0.717, 1.165) is 39.4 Å². The van der Waals surface area contributed by atoms with Gasteiger partial charge in [0.1, 0.15) is 0 Å². The van der Waals surface area contributed by atoms with E-state index in [1.807, 2.05) is 0 Å². The van der Waals surface area contributed by atoms with Crippen LogP contribution in [0.25, 0.3) is 0 Å². The van der Waals surface area contributed by atoms with Crippen molar-refractivity contribution in [1.29, 1.82) is 0 Å². The van der Waals surface area contributed by atoms with Crippen molar-refractivity contribution >= 4 is 0 Å². The molecular weight excluding hydrogens is 218 g/mol. The fraction of sp³-hybridized carbons (Fsp3) is 1.00. The summed E-state index contributed by atoms with van der Waals surface area (Å²) < 4.78 is 11.5. The molecule has 2 N–H and O–H groups in total. The fourth-order valence-corrected chi connectivity index (χ4v) is 2.51. The van der Waals surface area contributed by atoms with Gasteiger partial charge < -0.3 is 20.1 Å². The Labute approximate surface area is 104 Å². The van der Waals surface area contributed by atoms with Crippen LogP contribution in [-0.4, -0.2) is 81.0 Å². The van der Waals surface area contributed by atoms with Gasteiger partial charge in [-0.15, -0.1) is 0 Å². The summed E-state index contributed by atoms with van der Waals surface area (Å²) in [7, 11) is 2.15. The van der Waals surface area contributed by atoms with Crippen LogP contribution in [0.2, 0.25) is 0 Å². The Morgan fingerprint density at radius 3 is 2.76 bits per heavy atom. The topological polar surface area (TPSA) is 51.0 Å². The second-order valence-electron chi connectivity index (χ2n) is 5.25. The minimum absolute atomic E-state index is 0.188. The predicted octanol–water partition coefficient (Wildman–Crippen LogP) is -0.635. The maximum absolute atomic E-state index is 5.81. The summed E-state index contributed by atoms with van der Waals surface area (Å²) in [6.07, 6.45) is 0.514. The zero-order chi connectivity index (χ0) is 12.3. The molecule has 0 radical (unpaired) electrons. The third kappa shape index (κ3) is 3.63. The molecular formula is C12H25N3O2. The van der Waals surface area contributed by atoms with Gasteiger partial charge in [-0.05, 0) is 14.0 Å². The SMILES string of the molecule is CC1COC(CN)CN1CC1CN(C)CCO1. The first-order chi connectivity index (χ1) is 8.19. The Kier molecular flexibility index (Phi) is 4.76. The van der Waals surface area contributed by atoms with E-state index in [1.165, 1.54) is 0 Å². The van der Waals surface area contributed by atoms with Crippen LogP contribution in [0.3, 0.4) is 0 Å². The van der Waals surface area contributed by atoms with E-state index >= 15 is 0 Å². The zero-order valence-corrected chi connectivity index (χ0v) is 11.0. The summed E-state index contributed by atoms with van der Waals surface area (Å²) in [5, 5.41) is 0. The Morgan fingerprint density at radius 1 is 1.24 bits per heavy atom. The highest BCUT2D eigenvalue weighted by atomic mass is 16.5. The molecule has 2 aliphatic heterocycles. The van der Waals surface area contributed by atoms with Crippen LogP contribution in [0, 0.1) is 0 Å². The van der Waals surface area contributed by atoms with Crippen molar-refractivity contribution in [2.45, 2.75) is 25.2 Å². The van der Waals surface area contributed by atoms with Crippen LogP contribution in [0.15, 0.2) is 0 Å². The molecule has 3 unspecified atom stereocenters. The average Bonchev–Trinajstić information content (AvgIpc) is 2.32. The Hall–Kier alpha value is -0.200. The van der Waals surface area contributed by atoms with Crippen LogP contribution in [0.1, 0.15) is 6.92 Å². The Bertz CT molecular complexity index is 240. The third-order valence-corrected chi connectivity index (χ3v) is 3.68. The molecule has 5 nitrogen and oxygen atoms in total. The lowest BCUT2D eigenvalue weighted by atomic mass is 10.1. The molecule has 2 rings (SSSR count). The minimum Gasteiger partial charge on any atom is -0.374 e. The van der Waals surface area contributed by atoms with Gasteiger partial charge in [0.15, 0.2) is 0 Å². The van der Waals surface area contributed by atoms with E-state index < -0.39 is 0 Å². The molecule has 2 heterocycles. The number of likely N-dealkylation sites (N-methyl/N-ethyl adjacent to an activating group) is 1. The monoisotopic (exact) mass is 243 g/mol. The summed E-state index contributed by atoms with van der Waals surface area (Å²) in [4.78, 5) is 4.78. The number of nitrogens with zero attached hydrogens (tertiary/aromatic N) is 2. The fourth-order valence-electron chi connectivity index (χ4n) is 2.51. The lowest BCUT2D eigenvalue weighted by Gasteiger charge is -2.41. The normalized spacial score (nSPS) is 37.2. The van der Waals surface area contributed by atoms with E-state index in [0.29, 0.717) is 18.7 Å². The van der Waals surface area contributed by atoms with E-state index in [4.69, 9.17) is 15.2 Å². The molecule has 3 atom stereocenters.